The maximum atomic E-state index is 5.05. The lowest BCUT2D eigenvalue weighted by molar-refractivity contribution is 1.19. The molecule has 29 heavy (non-hydrogen) atoms. The van der Waals surface area contributed by atoms with E-state index in [-0.39, 0.29) is 0 Å². The average molecular weight is 377 g/mol. The van der Waals surface area contributed by atoms with Gasteiger partial charge in [0.05, 0.1) is 22.4 Å². The van der Waals surface area contributed by atoms with Gasteiger partial charge < -0.3 is 0 Å². The van der Waals surface area contributed by atoms with E-state index in [9.17, 15) is 0 Å². The number of benzene rings is 4. The predicted molar refractivity (Wildman–Crippen MR) is 124 cm³/mol. The van der Waals surface area contributed by atoms with Gasteiger partial charge in [0.2, 0.25) is 0 Å². The highest BCUT2D eigenvalue weighted by atomic mass is 14.8. The lowest BCUT2D eigenvalue weighted by atomic mass is 10.0. The number of fused-ring (bicyclic) bond motifs is 3. The van der Waals surface area contributed by atoms with Crippen LogP contribution in [0.4, 0.5) is 0 Å². The van der Waals surface area contributed by atoms with Crippen molar-refractivity contribution in [3.05, 3.63) is 96.7 Å². The monoisotopic (exact) mass is 376 g/mol. The van der Waals surface area contributed by atoms with Crippen molar-refractivity contribution in [1.29, 1.82) is 0 Å². The van der Waals surface area contributed by atoms with Crippen molar-refractivity contribution in [2.45, 2.75) is 20.8 Å². The molecule has 1 aromatic heterocycles. The van der Waals surface area contributed by atoms with E-state index in [1.54, 1.807) is 0 Å². The fraction of sp³-hybridized carbons (Fsp3) is 0.111. The molecule has 142 valence electrons. The SMILES string of the molecule is CC.Cc1nc2ccc3ccccc3c2nc1-c1cccc(-c2ccccc2)c1. The maximum Gasteiger partial charge on any atom is 0.0972 e. The Morgan fingerprint density at radius 3 is 2.10 bits per heavy atom. The van der Waals surface area contributed by atoms with Crippen LogP contribution in [0.15, 0.2) is 91.0 Å². The molecule has 2 nitrogen and oxygen atoms in total. The smallest absolute Gasteiger partial charge is 0.0972 e. The Balaban J connectivity index is 0.000000994. The second-order valence-corrected chi connectivity index (χ2v) is 6.76. The Morgan fingerprint density at radius 2 is 1.28 bits per heavy atom. The van der Waals surface area contributed by atoms with E-state index in [1.807, 2.05) is 26.8 Å². The maximum absolute atomic E-state index is 5.05. The summed E-state index contributed by atoms with van der Waals surface area (Å²) < 4.78 is 0. The highest BCUT2D eigenvalue weighted by molar-refractivity contribution is 6.04. The number of rotatable bonds is 2. The van der Waals surface area contributed by atoms with Gasteiger partial charge in [-0.15, -0.1) is 0 Å². The molecule has 0 unspecified atom stereocenters. The summed E-state index contributed by atoms with van der Waals surface area (Å²) in [6.07, 6.45) is 0. The molecular weight excluding hydrogens is 352 g/mol. The molecule has 0 amide bonds. The van der Waals surface area contributed by atoms with Gasteiger partial charge in [-0.1, -0.05) is 92.7 Å². The molecular formula is C27H24N2. The van der Waals surface area contributed by atoms with Crippen LogP contribution in [-0.2, 0) is 0 Å². The third kappa shape index (κ3) is 3.62. The highest BCUT2D eigenvalue weighted by Crippen LogP contribution is 2.30. The minimum absolute atomic E-state index is 0.939. The zero-order valence-corrected chi connectivity index (χ0v) is 17.1. The standard InChI is InChI=1S/C25H18N2.C2H6/c1-17-24(21-12-7-11-20(16-21)18-8-3-2-4-9-18)27-25-22-13-6-5-10-19(22)14-15-23(25)26-17;1-2/h2-16H,1H3;1-2H3. The van der Waals surface area contributed by atoms with Crippen molar-refractivity contribution in [3.63, 3.8) is 0 Å². The Hall–Kier alpha value is -3.52. The third-order valence-corrected chi connectivity index (χ3v) is 4.98. The van der Waals surface area contributed by atoms with Crippen LogP contribution in [0, 0.1) is 6.92 Å². The summed E-state index contributed by atoms with van der Waals surface area (Å²) in [6, 6.07) is 31.5. The first kappa shape index (κ1) is 18.8. The number of hydrogen-bond donors (Lipinski definition) is 0. The molecule has 5 aromatic rings. The van der Waals surface area contributed by atoms with E-state index in [0.717, 1.165) is 33.4 Å². The summed E-state index contributed by atoms with van der Waals surface area (Å²) >= 11 is 0. The molecule has 0 N–H and O–H groups in total. The number of aryl methyl sites for hydroxylation is 1. The zero-order chi connectivity index (χ0) is 20.2. The van der Waals surface area contributed by atoms with Crippen molar-refractivity contribution < 1.29 is 0 Å². The lowest BCUT2D eigenvalue weighted by Crippen LogP contribution is -1.95. The van der Waals surface area contributed by atoms with Crippen LogP contribution in [0.1, 0.15) is 19.5 Å². The van der Waals surface area contributed by atoms with Crippen molar-refractivity contribution in [1.82, 2.24) is 9.97 Å². The van der Waals surface area contributed by atoms with Crippen LogP contribution in [0.3, 0.4) is 0 Å². The molecule has 0 saturated carbocycles. The van der Waals surface area contributed by atoms with Gasteiger partial charge in [-0.3, -0.25) is 0 Å². The van der Waals surface area contributed by atoms with E-state index in [1.165, 1.54) is 16.5 Å². The first-order valence-corrected chi connectivity index (χ1v) is 10.1. The van der Waals surface area contributed by atoms with E-state index >= 15 is 0 Å². The van der Waals surface area contributed by atoms with E-state index in [4.69, 9.17) is 9.97 Å². The molecule has 2 heteroatoms. The van der Waals surface area contributed by atoms with E-state index in [0.29, 0.717) is 0 Å². The topological polar surface area (TPSA) is 25.8 Å². The molecule has 1 heterocycles. The summed E-state index contributed by atoms with van der Waals surface area (Å²) in [4.78, 5) is 9.89. The highest BCUT2D eigenvalue weighted by Gasteiger charge is 2.11. The minimum Gasteiger partial charge on any atom is -0.249 e. The molecule has 4 aromatic carbocycles. The third-order valence-electron chi connectivity index (χ3n) is 4.98. The van der Waals surface area contributed by atoms with Gasteiger partial charge in [-0.05, 0) is 35.6 Å². The van der Waals surface area contributed by atoms with Crippen molar-refractivity contribution in [2.24, 2.45) is 0 Å². The normalized spacial score (nSPS) is 10.6. The Morgan fingerprint density at radius 1 is 0.586 bits per heavy atom. The molecule has 0 bridgehead atoms. The Kier molecular flexibility index (Phi) is 5.35. The molecule has 0 radical (unpaired) electrons. The first-order valence-electron chi connectivity index (χ1n) is 10.1. The van der Waals surface area contributed by atoms with Crippen LogP contribution < -0.4 is 0 Å². The lowest BCUT2D eigenvalue weighted by Gasteiger charge is -2.10. The fourth-order valence-electron chi connectivity index (χ4n) is 3.63. The average Bonchev–Trinajstić information content (AvgIpc) is 2.80. The molecule has 0 aliphatic rings. The largest absolute Gasteiger partial charge is 0.249 e. The Bertz CT molecular complexity index is 1270. The summed E-state index contributed by atoms with van der Waals surface area (Å²) in [7, 11) is 0. The molecule has 0 spiro atoms. The second kappa shape index (κ2) is 8.24. The van der Waals surface area contributed by atoms with Crippen LogP contribution in [-0.4, -0.2) is 9.97 Å². The van der Waals surface area contributed by atoms with Crippen molar-refractivity contribution >= 4 is 21.8 Å². The van der Waals surface area contributed by atoms with E-state index < -0.39 is 0 Å². The molecule has 0 aliphatic heterocycles. The van der Waals surface area contributed by atoms with E-state index in [2.05, 4.69) is 84.9 Å². The molecule has 0 fully saturated rings. The van der Waals surface area contributed by atoms with Crippen molar-refractivity contribution in [3.8, 4) is 22.4 Å². The van der Waals surface area contributed by atoms with Gasteiger partial charge >= 0.3 is 0 Å². The van der Waals surface area contributed by atoms with Crippen molar-refractivity contribution in [2.75, 3.05) is 0 Å². The molecule has 0 atom stereocenters. The summed E-state index contributed by atoms with van der Waals surface area (Å²) in [6.45, 7) is 6.03. The van der Waals surface area contributed by atoms with Gasteiger partial charge in [-0.25, -0.2) is 9.97 Å². The van der Waals surface area contributed by atoms with Crippen LogP contribution >= 0.6 is 0 Å². The molecule has 5 rings (SSSR count). The number of hydrogen-bond acceptors (Lipinski definition) is 2. The number of aromatic nitrogens is 2. The van der Waals surface area contributed by atoms with Gasteiger partial charge in [0.1, 0.15) is 0 Å². The zero-order valence-electron chi connectivity index (χ0n) is 17.1. The summed E-state index contributed by atoms with van der Waals surface area (Å²) in [5.74, 6) is 0. The van der Waals surface area contributed by atoms with Crippen LogP contribution in [0.2, 0.25) is 0 Å². The van der Waals surface area contributed by atoms with Gasteiger partial charge in [0, 0.05) is 10.9 Å². The molecule has 0 saturated heterocycles. The minimum atomic E-state index is 0.939. The first-order chi connectivity index (χ1) is 14.3. The van der Waals surface area contributed by atoms with Gasteiger partial charge in [-0.2, -0.15) is 0 Å². The molecule has 0 aliphatic carbocycles. The van der Waals surface area contributed by atoms with Crippen LogP contribution in [0.25, 0.3) is 44.2 Å². The summed E-state index contributed by atoms with van der Waals surface area (Å²) in [5.41, 5.74) is 7.27. The number of nitrogens with zero attached hydrogens (tertiary/aromatic N) is 2. The van der Waals surface area contributed by atoms with Crippen LogP contribution in [0.5, 0.6) is 0 Å². The Labute approximate surface area is 171 Å². The second-order valence-electron chi connectivity index (χ2n) is 6.76. The fourth-order valence-corrected chi connectivity index (χ4v) is 3.63. The summed E-state index contributed by atoms with van der Waals surface area (Å²) in [5, 5.41) is 2.33. The predicted octanol–water partition coefficient (Wildman–Crippen LogP) is 7.45. The quantitative estimate of drug-likeness (QED) is 0.299. The van der Waals surface area contributed by atoms with Gasteiger partial charge in [0.15, 0.2) is 0 Å². The van der Waals surface area contributed by atoms with Gasteiger partial charge in [0.25, 0.3) is 0 Å².